The molecule has 2 atom stereocenters. The highest BCUT2D eigenvalue weighted by Gasteiger charge is 2.22. The second-order valence-corrected chi connectivity index (χ2v) is 3.16. The van der Waals surface area contributed by atoms with Gasteiger partial charge in [-0.1, -0.05) is 12.8 Å². The average Bonchev–Trinajstić information content (AvgIpc) is 2.04. The van der Waals surface area contributed by atoms with Crippen molar-refractivity contribution in [3.05, 3.63) is 0 Å². The monoisotopic (exact) mass is 163 g/mol. The van der Waals surface area contributed by atoms with E-state index in [1.165, 1.54) is 12.8 Å². The van der Waals surface area contributed by atoms with Crippen molar-refractivity contribution in [1.82, 2.24) is 4.84 Å². The lowest BCUT2D eigenvalue weighted by molar-refractivity contribution is 0.164. The lowest BCUT2D eigenvalue weighted by atomic mass is 9.86. The number of rotatable bonds is 2. The van der Waals surface area contributed by atoms with E-state index in [-0.39, 0.29) is 6.61 Å². The van der Waals surface area contributed by atoms with Gasteiger partial charge in [-0.25, -0.2) is 4.84 Å². The first-order chi connectivity index (χ1) is 4.88. The maximum absolute atomic E-state index is 8.89. The van der Waals surface area contributed by atoms with Crippen molar-refractivity contribution in [2.75, 3.05) is 6.61 Å². The Morgan fingerprint density at radius 3 is 2.60 bits per heavy atom. The first-order valence-corrected chi connectivity index (χ1v) is 4.23. The van der Waals surface area contributed by atoms with Crippen molar-refractivity contribution in [2.24, 2.45) is 5.92 Å². The van der Waals surface area contributed by atoms with Crippen LogP contribution in [0.15, 0.2) is 0 Å². The number of aliphatic hydroxyl groups excluding tert-OH is 1. The Morgan fingerprint density at radius 1 is 1.40 bits per heavy atom. The normalized spacial score (nSPS) is 34.2. The fraction of sp³-hybridized carbons (Fsp3) is 1.00. The zero-order valence-corrected chi connectivity index (χ0v) is 6.77. The molecule has 0 aliphatic heterocycles. The zero-order valence-electron chi connectivity index (χ0n) is 6.02. The number of halogens is 1. The topological polar surface area (TPSA) is 32.3 Å². The molecule has 3 heteroatoms. The summed E-state index contributed by atoms with van der Waals surface area (Å²) in [5.41, 5.74) is 0. The summed E-state index contributed by atoms with van der Waals surface area (Å²) in [4.78, 5) is 2.72. The molecule has 2 nitrogen and oxygen atoms in total. The third kappa shape index (κ3) is 1.84. The maximum atomic E-state index is 8.89. The molecule has 1 aliphatic carbocycles. The Balaban J connectivity index is 2.34. The van der Waals surface area contributed by atoms with E-state index >= 15 is 0 Å². The first-order valence-electron chi connectivity index (χ1n) is 3.85. The molecule has 1 saturated carbocycles. The van der Waals surface area contributed by atoms with Gasteiger partial charge >= 0.3 is 0 Å². The van der Waals surface area contributed by atoms with Crippen molar-refractivity contribution in [3.8, 4) is 0 Å². The maximum Gasteiger partial charge on any atom is 0.0474 e. The summed E-state index contributed by atoms with van der Waals surface area (Å²) in [6.45, 7) is 0.268. The second kappa shape index (κ2) is 4.16. The molecule has 0 amide bonds. The summed E-state index contributed by atoms with van der Waals surface area (Å²) < 4.78 is 0. The number of hydrogen-bond acceptors (Lipinski definition) is 2. The molecule has 60 valence electrons. The molecular formula is C7H14ClNO. The van der Waals surface area contributed by atoms with E-state index in [0.29, 0.717) is 12.0 Å². The second-order valence-electron chi connectivity index (χ2n) is 2.94. The van der Waals surface area contributed by atoms with Crippen LogP contribution in [0.3, 0.4) is 0 Å². The minimum Gasteiger partial charge on any atom is -0.396 e. The van der Waals surface area contributed by atoms with Crippen molar-refractivity contribution >= 4 is 11.8 Å². The van der Waals surface area contributed by atoms with Gasteiger partial charge in [-0.2, -0.15) is 0 Å². The van der Waals surface area contributed by atoms with Gasteiger partial charge in [0.15, 0.2) is 0 Å². The minimum absolute atomic E-state index is 0.268. The molecule has 0 bridgehead atoms. The van der Waals surface area contributed by atoms with E-state index in [1.807, 2.05) is 0 Å². The van der Waals surface area contributed by atoms with Crippen molar-refractivity contribution in [1.29, 1.82) is 0 Å². The summed E-state index contributed by atoms with van der Waals surface area (Å²) >= 11 is 5.49. The highest BCUT2D eigenvalue weighted by atomic mass is 35.5. The quantitative estimate of drug-likeness (QED) is 0.602. The lowest BCUT2D eigenvalue weighted by Crippen LogP contribution is -2.35. The van der Waals surface area contributed by atoms with Gasteiger partial charge in [-0.05, 0) is 30.5 Å². The van der Waals surface area contributed by atoms with Crippen LogP contribution < -0.4 is 4.84 Å². The van der Waals surface area contributed by atoms with Crippen LogP contribution in [0.4, 0.5) is 0 Å². The molecule has 1 rings (SSSR count). The summed E-state index contributed by atoms with van der Waals surface area (Å²) in [7, 11) is 0. The fourth-order valence-electron chi connectivity index (χ4n) is 1.57. The highest BCUT2D eigenvalue weighted by molar-refractivity contribution is 6.13. The van der Waals surface area contributed by atoms with Gasteiger partial charge in [-0.3, -0.25) is 0 Å². The van der Waals surface area contributed by atoms with Gasteiger partial charge in [0.05, 0.1) is 0 Å². The number of nitrogens with one attached hydrogen (secondary N) is 1. The Labute approximate surface area is 66.7 Å². The van der Waals surface area contributed by atoms with Gasteiger partial charge in [0.25, 0.3) is 0 Å². The SMILES string of the molecule is OC[C@H]1CCCCC1NCl. The molecule has 2 N–H and O–H groups in total. The smallest absolute Gasteiger partial charge is 0.0474 e. The Hall–Kier alpha value is 0.210. The van der Waals surface area contributed by atoms with E-state index < -0.39 is 0 Å². The molecule has 1 aliphatic rings. The average molecular weight is 164 g/mol. The molecule has 0 saturated heterocycles. The number of hydrogen-bond donors (Lipinski definition) is 2. The Bertz CT molecular complexity index is 87.6. The largest absolute Gasteiger partial charge is 0.396 e. The molecule has 1 fully saturated rings. The highest BCUT2D eigenvalue weighted by Crippen LogP contribution is 2.23. The molecule has 1 unspecified atom stereocenters. The summed E-state index contributed by atoms with van der Waals surface area (Å²) in [6, 6.07) is 0.334. The molecule has 0 aromatic heterocycles. The van der Waals surface area contributed by atoms with Gasteiger partial charge in [-0.15, -0.1) is 0 Å². The van der Waals surface area contributed by atoms with Crippen molar-refractivity contribution < 1.29 is 5.11 Å². The van der Waals surface area contributed by atoms with Crippen LogP contribution in [0, 0.1) is 5.92 Å². The predicted octanol–water partition coefficient (Wildman–Crippen LogP) is 1.28. The minimum atomic E-state index is 0.268. The molecule has 0 spiro atoms. The van der Waals surface area contributed by atoms with E-state index in [1.54, 1.807) is 0 Å². The zero-order chi connectivity index (χ0) is 7.40. The number of aliphatic hydroxyl groups is 1. The van der Waals surface area contributed by atoms with E-state index in [4.69, 9.17) is 16.9 Å². The molecule has 0 aromatic carbocycles. The summed E-state index contributed by atoms with van der Waals surface area (Å²) in [5, 5.41) is 8.89. The van der Waals surface area contributed by atoms with E-state index in [9.17, 15) is 0 Å². The van der Waals surface area contributed by atoms with Gasteiger partial charge < -0.3 is 5.11 Å². The van der Waals surface area contributed by atoms with Crippen molar-refractivity contribution in [2.45, 2.75) is 31.7 Å². The summed E-state index contributed by atoms with van der Waals surface area (Å²) in [5.74, 6) is 0.381. The standard InChI is InChI=1S/C7H14ClNO/c8-9-7-4-2-1-3-6(7)5-10/h6-7,9-10H,1-5H2/t6-,7?/m1/s1. The van der Waals surface area contributed by atoms with Crippen LogP contribution in [0.25, 0.3) is 0 Å². The first kappa shape index (κ1) is 8.31. The van der Waals surface area contributed by atoms with Crippen LogP contribution in [0.2, 0.25) is 0 Å². The molecule has 0 aromatic rings. The van der Waals surface area contributed by atoms with Crippen LogP contribution in [0.1, 0.15) is 25.7 Å². The Kier molecular flexibility index (Phi) is 3.46. The predicted molar refractivity (Wildman–Crippen MR) is 41.8 cm³/mol. The Morgan fingerprint density at radius 2 is 2.10 bits per heavy atom. The van der Waals surface area contributed by atoms with Crippen LogP contribution in [-0.2, 0) is 0 Å². The molecule has 0 radical (unpaired) electrons. The van der Waals surface area contributed by atoms with Gasteiger partial charge in [0.2, 0.25) is 0 Å². The van der Waals surface area contributed by atoms with Gasteiger partial charge in [0.1, 0.15) is 0 Å². The summed E-state index contributed by atoms with van der Waals surface area (Å²) in [6.07, 6.45) is 4.69. The van der Waals surface area contributed by atoms with Gasteiger partial charge in [0, 0.05) is 12.6 Å². The van der Waals surface area contributed by atoms with Crippen molar-refractivity contribution in [3.63, 3.8) is 0 Å². The molecule has 0 heterocycles. The fourth-order valence-corrected chi connectivity index (χ4v) is 1.86. The molecule has 10 heavy (non-hydrogen) atoms. The van der Waals surface area contributed by atoms with E-state index in [2.05, 4.69) is 4.84 Å². The molecular weight excluding hydrogens is 150 g/mol. The third-order valence-corrected chi connectivity index (χ3v) is 2.56. The lowest BCUT2D eigenvalue weighted by Gasteiger charge is -2.28. The third-order valence-electron chi connectivity index (χ3n) is 2.28. The van der Waals surface area contributed by atoms with Crippen LogP contribution in [0.5, 0.6) is 0 Å². The van der Waals surface area contributed by atoms with Crippen LogP contribution >= 0.6 is 11.8 Å². The van der Waals surface area contributed by atoms with Crippen LogP contribution in [-0.4, -0.2) is 17.8 Å². The van der Waals surface area contributed by atoms with E-state index in [0.717, 1.165) is 12.8 Å².